The van der Waals surface area contributed by atoms with E-state index in [0.717, 1.165) is 44.1 Å². The zero-order valence-corrected chi connectivity index (χ0v) is 14.3. The molecule has 1 aliphatic rings. The summed E-state index contributed by atoms with van der Waals surface area (Å²) < 4.78 is 5.29. The fourth-order valence-corrected chi connectivity index (χ4v) is 2.95. The lowest BCUT2D eigenvalue weighted by Gasteiger charge is -2.35. The van der Waals surface area contributed by atoms with Crippen LogP contribution in [0.4, 0.5) is 0 Å². The Morgan fingerprint density at radius 2 is 1.90 bits per heavy atom. The molecule has 2 atom stereocenters. The van der Waals surface area contributed by atoms with E-state index in [1.807, 2.05) is 0 Å². The average molecular weight is 284 g/mol. The third kappa shape index (κ3) is 7.05. The van der Waals surface area contributed by atoms with Crippen molar-refractivity contribution >= 4 is 0 Å². The van der Waals surface area contributed by atoms with Crippen molar-refractivity contribution in [1.82, 2.24) is 10.2 Å². The Labute approximate surface area is 126 Å². The van der Waals surface area contributed by atoms with Gasteiger partial charge in [-0.25, -0.2) is 0 Å². The molecule has 0 aromatic rings. The van der Waals surface area contributed by atoms with Crippen molar-refractivity contribution in [3.63, 3.8) is 0 Å². The molecule has 0 aromatic carbocycles. The van der Waals surface area contributed by atoms with E-state index < -0.39 is 0 Å². The number of methoxy groups -OCH3 is 1. The van der Waals surface area contributed by atoms with Gasteiger partial charge in [-0.3, -0.25) is 4.90 Å². The van der Waals surface area contributed by atoms with Crippen LogP contribution in [0.3, 0.4) is 0 Å². The van der Waals surface area contributed by atoms with E-state index in [9.17, 15) is 0 Å². The first-order valence-electron chi connectivity index (χ1n) is 8.51. The molecule has 0 aromatic heterocycles. The second-order valence-corrected chi connectivity index (χ2v) is 6.90. The molecule has 1 rings (SSSR count). The minimum Gasteiger partial charge on any atom is -0.383 e. The number of hydrogen-bond acceptors (Lipinski definition) is 3. The molecule has 1 fully saturated rings. The molecule has 0 heterocycles. The van der Waals surface area contributed by atoms with Crippen molar-refractivity contribution in [2.45, 2.75) is 65.5 Å². The topological polar surface area (TPSA) is 24.5 Å². The largest absolute Gasteiger partial charge is 0.383 e. The molecule has 1 aliphatic carbocycles. The maximum Gasteiger partial charge on any atom is 0.0589 e. The number of hydrogen-bond donors (Lipinski definition) is 1. The highest BCUT2D eigenvalue weighted by Gasteiger charge is 2.33. The standard InChI is InChI=1S/C17H36N2O/c1-14(2)13-18-10-6-7-15(3)19(11-12-20-5)16(4)17-8-9-17/h14-18H,6-13H2,1-5H3. The first-order valence-corrected chi connectivity index (χ1v) is 8.51. The number of rotatable bonds is 12. The van der Waals surface area contributed by atoms with E-state index in [2.05, 4.69) is 37.9 Å². The van der Waals surface area contributed by atoms with Crippen LogP contribution in [0.1, 0.15) is 53.4 Å². The van der Waals surface area contributed by atoms with E-state index in [1.165, 1.54) is 25.7 Å². The van der Waals surface area contributed by atoms with E-state index in [-0.39, 0.29) is 0 Å². The lowest BCUT2D eigenvalue weighted by molar-refractivity contribution is 0.0832. The summed E-state index contributed by atoms with van der Waals surface area (Å²) in [5.74, 6) is 1.69. The van der Waals surface area contributed by atoms with Gasteiger partial charge in [0.25, 0.3) is 0 Å². The number of nitrogens with one attached hydrogen (secondary N) is 1. The first kappa shape index (κ1) is 17.9. The van der Waals surface area contributed by atoms with Crippen molar-refractivity contribution < 1.29 is 4.74 Å². The Morgan fingerprint density at radius 1 is 1.20 bits per heavy atom. The van der Waals surface area contributed by atoms with Gasteiger partial charge in [-0.2, -0.15) is 0 Å². The van der Waals surface area contributed by atoms with Crippen LogP contribution < -0.4 is 5.32 Å². The maximum atomic E-state index is 5.29. The second-order valence-electron chi connectivity index (χ2n) is 6.90. The van der Waals surface area contributed by atoms with Crippen molar-refractivity contribution in [2.75, 3.05) is 33.4 Å². The molecule has 2 unspecified atom stereocenters. The molecule has 0 radical (unpaired) electrons. The van der Waals surface area contributed by atoms with Gasteiger partial charge in [0.2, 0.25) is 0 Å². The molecule has 0 saturated heterocycles. The molecule has 3 nitrogen and oxygen atoms in total. The van der Waals surface area contributed by atoms with Gasteiger partial charge in [0.1, 0.15) is 0 Å². The Kier molecular flexibility index (Phi) is 8.74. The summed E-state index contributed by atoms with van der Waals surface area (Å²) in [6, 6.07) is 1.39. The van der Waals surface area contributed by atoms with Gasteiger partial charge < -0.3 is 10.1 Å². The van der Waals surface area contributed by atoms with Gasteiger partial charge in [-0.1, -0.05) is 13.8 Å². The fraction of sp³-hybridized carbons (Fsp3) is 1.00. The minimum absolute atomic E-state index is 0.668. The maximum absolute atomic E-state index is 5.29. The Hall–Kier alpha value is -0.120. The molecule has 0 bridgehead atoms. The predicted molar refractivity (Wildman–Crippen MR) is 87.2 cm³/mol. The van der Waals surface area contributed by atoms with E-state index in [1.54, 1.807) is 7.11 Å². The van der Waals surface area contributed by atoms with Gasteiger partial charge in [-0.15, -0.1) is 0 Å². The van der Waals surface area contributed by atoms with Crippen LogP contribution in [0.15, 0.2) is 0 Å². The van der Waals surface area contributed by atoms with Crippen LogP contribution in [0.25, 0.3) is 0 Å². The van der Waals surface area contributed by atoms with E-state index in [0.29, 0.717) is 6.04 Å². The Morgan fingerprint density at radius 3 is 2.45 bits per heavy atom. The zero-order valence-electron chi connectivity index (χ0n) is 14.3. The lowest BCUT2D eigenvalue weighted by Crippen LogP contribution is -2.43. The van der Waals surface area contributed by atoms with Crippen molar-refractivity contribution in [3.05, 3.63) is 0 Å². The molecule has 1 N–H and O–H groups in total. The SMILES string of the molecule is COCCN(C(C)CCCNCC(C)C)C(C)C1CC1. The van der Waals surface area contributed by atoms with Gasteiger partial charge in [0.15, 0.2) is 0 Å². The molecule has 20 heavy (non-hydrogen) atoms. The van der Waals surface area contributed by atoms with Crippen LogP contribution in [0.2, 0.25) is 0 Å². The first-order chi connectivity index (χ1) is 9.56. The van der Waals surface area contributed by atoms with Crippen molar-refractivity contribution in [1.29, 1.82) is 0 Å². The molecular weight excluding hydrogens is 248 g/mol. The van der Waals surface area contributed by atoms with Crippen LogP contribution in [-0.2, 0) is 4.74 Å². The quantitative estimate of drug-likeness (QED) is 0.557. The Bertz CT molecular complexity index is 241. The summed E-state index contributed by atoms with van der Waals surface area (Å²) in [7, 11) is 1.81. The van der Waals surface area contributed by atoms with Crippen molar-refractivity contribution in [3.8, 4) is 0 Å². The van der Waals surface area contributed by atoms with Crippen LogP contribution >= 0.6 is 0 Å². The highest BCUT2D eigenvalue weighted by molar-refractivity contribution is 4.87. The zero-order chi connectivity index (χ0) is 15.0. The summed E-state index contributed by atoms with van der Waals surface area (Å²) >= 11 is 0. The van der Waals surface area contributed by atoms with Crippen LogP contribution in [-0.4, -0.2) is 50.3 Å². The highest BCUT2D eigenvalue weighted by Crippen LogP contribution is 2.36. The smallest absolute Gasteiger partial charge is 0.0589 e. The summed E-state index contributed by atoms with van der Waals surface area (Å²) in [5, 5.41) is 3.54. The number of nitrogens with zero attached hydrogens (tertiary/aromatic N) is 1. The van der Waals surface area contributed by atoms with E-state index >= 15 is 0 Å². The molecule has 0 amide bonds. The summed E-state index contributed by atoms with van der Waals surface area (Å²) in [6.07, 6.45) is 5.40. The summed E-state index contributed by atoms with van der Waals surface area (Å²) in [4.78, 5) is 2.67. The molecule has 0 aliphatic heterocycles. The monoisotopic (exact) mass is 284 g/mol. The lowest BCUT2D eigenvalue weighted by atomic mass is 10.1. The molecule has 1 saturated carbocycles. The summed E-state index contributed by atoms with van der Waals surface area (Å²) in [5.41, 5.74) is 0. The van der Waals surface area contributed by atoms with Gasteiger partial charge in [0.05, 0.1) is 6.61 Å². The van der Waals surface area contributed by atoms with E-state index in [4.69, 9.17) is 4.74 Å². The summed E-state index contributed by atoms with van der Waals surface area (Å²) in [6.45, 7) is 13.5. The minimum atomic E-state index is 0.668. The van der Waals surface area contributed by atoms with Gasteiger partial charge in [-0.05, 0) is 64.5 Å². The molecule has 0 spiro atoms. The second kappa shape index (κ2) is 9.75. The van der Waals surface area contributed by atoms with Crippen molar-refractivity contribution in [2.24, 2.45) is 11.8 Å². The molecular formula is C17H36N2O. The van der Waals surface area contributed by atoms with Crippen LogP contribution in [0.5, 0.6) is 0 Å². The Balaban J connectivity index is 2.25. The predicted octanol–water partition coefficient (Wildman–Crippen LogP) is 3.15. The third-order valence-corrected chi connectivity index (χ3v) is 4.48. The third-order valence-electron chi connectivity index (χ3n) is 4.48. The highest BCUT2D eigenvalue weighted by atomic mass is 16.5. The molecule has 3 heteroatoms. The average Bonchev–Trinajstić information content (AvgIpc) is 3.22. The molecule has 120 valence electrons. The normalized spacial score (nSPS) is 18.8. The van der Waals surface area contributed by atoms with Gasteiger partial charge >= 0.3 is 0 Å². The van der Waals surface area contributed by atoms with Gasteiger partial charge in [0, 0.05) is 25.7 Å². The number of ether oxygens (including phenoxy) is 1. The fourth-order valence-electron chi connectivity index (χ4n) is 2.95. The van der Waals surface area contributed by atoms with Crippen LogP contribution in [0, 0.1) is 11.8 Å².